The molecule has 2 aromatic carbocycles. The van der Waals surface area contributed by atoms with E-state index in [1.165, 1.54) is 0 Å². The number of sulfonamides is 1. The van der Waals surface area contributed by atoms with Crippen molar-refractivity contribution in [2.24, 2.45) is 0 Å². The number of unbranched alkanes of at least 4 members (excludes halogenated alkanes) is 1. The summed E-state index contributed by atoms with van der Waals surface area (Å²) in [5.41, 5.74) is 0.293. The molecule has 1 unspecified atom stereocenters. The molecule has 0 bridgehead atoms. The average molecular weight is 419 g/mol. The lowest BCUT2D eigenvalue weighted by molar-refractivity contribution is -0.120. The number of carbonyl (C=O) groups is 2. The zero-order valence-electron chi connectivity index (χ0n) is 16.6. The predicted molar refractivity (Wildman–Crippen MR) is 112 cm³/mol. The van der Waals surface area contributed by atoms with Crippen molar-refractivity contribution in [3.63, 3.8) is 0 Å². The third-order valence-electron chi connectivity index (χ3n) is 4.15. The molecular weight excluding hydrogens is 392 g/mol. The second-order valence-electron chi connectivity index (χ2n) is 6.64. The fourth-order valence-corrected chi connectivity index (χ4v) is 3.05. The Morgan fingerprint density at radius 3 is 2.34 bits per heavy atom. The smallest absolute Gasteiger partial charge is 0.255 e. The second kappa shape index (κ2) is 10.7. The van der Waals surface area contributed by atoms with Gasteiger partial charge >= 0.3 is 0 Å². The van der Waals surface area contributed by atoms with Gasteiger partial charge in [0.2, 0.25) is 10.0 Å². The van der Waals surface area contributed by atoms with Gasteiger partial charge < -0.3 is 10.1 Å². The molecule has 0 heterocycles. The van der Waals surface area contributed by atoms with Crippen LogP contribution >= 0.6 is 0 Å². The van der Waals surface area contributed by atoms with Crippen LogP contribution in [0.3, 0.4) is 0 Å². The highest BCUT2D eigenvalue weighted by Crippen LogP contribution is 2.25. The Hall–Kier alpha value is -2.71. The van der Waals surface area contributed by atoms with E-state index in [1.807, 2.05) is 25.1 Å². The minimum atomic E-state index is -3.50. The molecule has 29 heavy (non-hydrogen) atoms. The third-order valence-corrected chi connectivity index (χ3v) is 4.82. The maximum absolute atomic E-state index is 12.9. The van der Waals surface area contributed by atoms with Crippen LogP contribution in [0.5, 0.6) is 11.5 Å². The van der Waals surface area contributed by atoms with Crippen LogP contribution in [0.4, 0.5) is 0 Å². The molecule has 1 atom stereocenters. The molecule has 0 fully saturated rings. The fourth-order valence-electron chi connectivity index (χ4n) is 2.64. The number of amides is 1. The van der Waals surface area contributed by atoms with E-state index in [9.17, 15) is 18.0 Å². The van der Waals surface area contributed by atoms with Gasteiger partial charge in [0.25, 0.3) is 5.91 Å². The van der Waals surface area contributed by atoms with Crippen LogP contribution in [0.2, 0.25) is 0 Å². The van der Waals surface area contributed by atoms with Gasteiger partial charge in [0.05, 0.1) is 24.4 Å². The van der Waals surface area contributed by atoms with Gasteiger partial charge in [-0.25, -0.2) is 13.1 Å². The summed E-state index contributed by atoms with van der Waals surface area (Å²) in [6.07, 6.45) is 2.97. The number of nitrogens with one attached hydrogen (secondary N) is 2. The minimum Gasteiger partial charge on any atom is -0.457 e. The molecule has 156 valence electrons. The Kier molecular flexibility index (Phi) is 8.35. The van der Waals surface area contributed by atoms with Crippen molar-refractivity contribution in [1.29, 1.82) is 0 Å². The van der Waals surface area contributed by atoms with Gasteiger partial charge in [0, 0.05) is 0 Å². The molecule has 2 aromatic rings. The van der Waals surface area contributed by atoms with E-state index in [2.05, 4.69) is 10.0 Å². The van der Waals surface area contributed by atoms with E-state index in [-0.39, 0.29) is 6.54 Å². The van der Waals surface area contributed by atoms with Crippen molar-refractivity contribution >= 4 is 21.7 Å². The molecule has 1 amide bonds. The molecule has 0 spiro atoms. The van der Waals surface area contributed by atoms with Crippen LogP contribution < -0.4 is 14.8 Å². The van der Waals surface area contributed by atoms with Crippen LogP contribution in [0, 0.1) is 0 Å². The zero-order valence-corrected chi connectivity index (χ0v) is 17.4. The van der Waals surface area contributed by atoms with E-state index >= 15 is 0 Å². The number of hydrogen-bond acceptors (Lipinski definition) is 5. The number of hydrogen-bond donors (Lipinski definition) is 2. The second-order valence-corrected chi connectivity index (χ2v) is 8.47. The van der Waals surface area contributed by atoms with Gasteiger partial charge in [0.15, 0.2) is 5.78 Å². The predicted octanol–water partition coefficient (Wildman–Crippen LogP) is 2.89. The number of ether oxygens (including phenoxy) is 1. The summed E-state index contributed by atoms with van der Waals surface area (Å²) in [6, 6.07) is 15.0. The molecule has 0 aromatic heterocycles. The van der Waals surface area contributed by atoms with E-state index < -0.39 is 27.8 Å². The molecule has 2 rings (SSSR count). The summed E-state index contributed by atoms with van der Waals surface area (Å²) in [5.74, 6) is 0.111. The molecule has 2 N–H and O–H groups in total. The molecule has 0 aliphatic carbocycles. The first-order chi connectivity index (χ1) is 13.8. The normalized spacial score (nSPS) is 12.2. The first-order valence-corrected chi connectivity index (χ1v) is 11.3. The van der Waals surface area contributed by atoms with Crippen LogP contribution in [0.25, 0.3) is 0 Å². The topological polar surface area (TPSA) is 102 Å². The Bertz CT molecular complexity index is 929. The van der Waals surface area contributed by atoms with Crippen molar-refractivity contribution in [2.45, 2.75) is 32.2 Å². The van der Waals surface area contributed by atoms with Gasteiger partial charge in [-0.15, -0.1) is 0 Å². The maximum atomic E-state index is 12.9. The summed E-state index contributed by atoms with van der Waals surface area (Å²) >= 11 is 0. The lowest BCUT2D eigenvalue weighted by Crippen LogP contribution is -2.45. The molecule has 0 radical (unpaired) electrons. The first kappa shape index (κ1) is 22.6. The number of benzene rings is 2. The fraction of sp³-hybridized carbons (Fsp3) is 0.333. The van der Waals surface area contributed by atoms with E-state index in [0.717, 1.165) is 19.1 Å². The summed E-state index contributed by atoms with van der Waals surface area (Å²) in [4.78, 5) is 25.3. The quantitative estimate of drug-likeness (QED) is 0.584. The van der Waals surface area contributed by atoms with Crippen LogP contribution in [-0.2, 0) is 14.8 Å². The molecular formula is C21H26N2O5S. The minimum absolute atomic E-state index is 0.293. The number of para-hydroxylation sites is 2. The average Bonchev–Trinajstić information content (AvgIpc) is 2.69. The Labute approximate surface area is 171 Å². The number of ketones is 1. The van der Waals surface area contributed by atoms with Crippen LogP contribution in [-0.4, -0.2) is 39.0 Å². The van der Waals surface area contributed by atoms with E-state index in [1.54, 1.807) is 36.4 Å². The third kappa shape index (κ3) is 7.67. The Morgan fingerprint density at radius 2 is 1.69 bits per heavy atom. The van der Waals surface area contributed by atoms with Gasteiger partial charge in [0.1, 0.15) is 11.5 Å². The maximum Gasteiger partial charge on any atom is 0.255 e. The highest BCUT2D eigenvalue weighted by molar-refractivity contribution is 7.88. The molecule has 0 saturated carbocycles. The highest BCUT2D eigenvalue weighted by atomic mass is 32.2. The molecule has 0 aliphatic rings. The Morgan fingerprint density at radius 1 is 1.03 bits per heavy atom. The van der Waals surface area contributed by atoms with Crippen molar-refractivity contribution in [2.75, 3.05) is 12.8 Å². The monoisotopic (exact) mass is 418 g/mol. The SMILES string of the molecule is CCCCC(NC(=O)c1ccccc1Oc1ccccc1)C(=O)CNS(C)(=O)=O. The first-order valence-electron chi connectivity index (χ1n) is 9.40. The lowest BCUT2D eigenvalue weighted by Gasteiger charge is -2.19. The number of carbonyl (C=O) groups excluding carboxylic acids is 2. The van der Waals surface area contributed by atoms with Crippen molar-refractivity contribution in [3.8, 4) is 11.5 Å². The summed E-state index contributed by atoms with van der Waals surface area (Å²) in [6.45, 7) is 1.61. The number of Topliss-reactive ketones (excluding diaryl/α,β-unsaturated/α-hetero) is 1. The van der Waals surface area contributed by atoms with Gasteiger partial charge in [-0.05, 0) is 30.7 Å². The van der Waals surface area contributed by atoms with Gasteiger partial charge in [-0.1, -0.05) is 50.1 Å². The van der Waals surface area contributed by atoms with Crippen LogP contribution in [0.1, 0.15) is 36.5 Å². The standard InChI is InChI=1S/C21H26N2O5S/c1-3-4-13-18(19(24)15-22-29(2,26)27)23-21(25)17-12-8-9-14-20(17)28-16-10-6-5-7-11-16/h5-12,14,18,22H,3-4,13,15H2,1-2H3,(H,23,25). The largest absolute Gasteiger partial charge is 0.457 e. The van der Waals surface area contributed by atoms with Crippen molar-refractivity contribution in [1.82, 2.24) is 10.0 Å². The van der Waals surface area contributed by atoms with Crippen molar-refractivity contribution in [3.05, 3.63) is 60.2 Å². The number of rotatable bonds is 11. The molecule has 8 heteroatoms. The van der Waals surface area contributed by atoms with Crippen LogP contribution in [0.15, 0.2) is 54.6 Å². The molecule has 0 aliphatic heterocycles. The summed E-state index contributed by atoms with van der Waals surface area (Å²) < 4.78 is 30.5. The summed E-state index contributed by atoms with van der Waals surface area (Å²) in [5, 5.41) is 2.73. The highest BCUT2D eigenvalue weighted by Gasteiger charge is 2.23. The summed E-state index contributed by atoms with van der Waals surface area (Å²) in [7, 11) is -3.50. The zero-order chi connectivity index (χ0) is 21.3. The molecule has 7 nitrogen and oxygen atoms in total. The Balaban J connectivity index is 2.15. The lowest BCUT2D eigenvalue weighted by atomic mass is 10.0. The molecule has 0 saturated heterocycles. The van der Waals surface area contributed by atoms with Gasteiger partial charge in [-0.3, -0.25) is 9.59 Å². The van der Waals surface area contributed by atoms with Crippen molar-refractivity contribution < 1.29 is 22.7 Å². The van der Waals surface area contributed by atoms with E-state index in [0.29, 0.717) is 23.5 Å². The van der Waals surface area contributed by atoms with Gasteiger partial charge in [-0.2, -0.15) is 0 Å². The van der Waals surface area contributed by atoms with E-state index in [4.69, 9.17) is 4.74 Å².